The molecule has 0 aliphatic carbocycles. The standard InChI is InChI=1S/C14H22N2O2S/c1-11-3-5-13(6-4-11)16-14(17)12(2)19-10-9-18-8-7-15/h3-6,12H,7-10,15H2,1-2H3,(H,16,17). The Morgan fingerprint density at radius 3 is 2.68 bits per heavy atom. The molecule has 0 heterocycles. The van der Waals surface area contributed by atoms with Gasteiger partial charge in [0.2, 0.25) is 5.91 Å². The number of hydrogen-bond acceptors (Lipinski definition) is 4. The first kappa shape index (κ1) is 16.0. The quantitative estimate of drug-likeness (QED) is 0.716. The second kappa shape index (κ2) is 8.96. The molecule has 0 aromatic heterocycles. The second-order valence-corrected chi connectivity index (χ2v) is 5.72. The predicted octanol–water partition coefficient (Wildman–Crippen LogP) is 2.03. The lowest BCUT2D eigenvalue weighted by atomic mass is 10.2. The van der Waals surface area contributed by atoms with Gasteiger partial charge in [-0.1, -0.05) is 17.7 Å². The van der Waals surface area contributed by atoms with Crippen LogP contribution in [0.2, 0.25) is 0 Å². The lowest BCUT2D eigenvalue weighted by molar-refractivity contribution is -0.115. The highest BCUT2D eigenvalue weighted by Gasteiger charge is 2.13. The van der Waals surface area contributed by atoms with Gasteiger partial charge in [0, 0.05) is 18.0 Å². The van der Waals surface area contributed by atoms with Crippen molar-refractivity contribution in [3.05, 3.63) is 29.8 Å². The summed E-state index contributed by atoms with van der Waals surface area (Å²) < 4.78 is 5.27. The van der Waals surface area contributed by atoms with Crippen molar-refractivity contribution >= 4 is 23.4 Å². The molecule has 5 heteroatoms. The predicted molar refractivity (Wildman–Crippen MR) is 81.6 cm³/mol. The number of benzene rings is 1. The van der Waals surface area contributed by atoms with E-state index in [-0.39, 0.29) is 11.2 Å². The number of rotatable bonds is 8. The summed E-state index contributed by atoms with van der Waals surface area (Å²) in [5.41, 5.74) is 7.33. The van der Waals surface area contributed by atoms with Crippen LogP contribution in [0.15, 0.2) is 24.3 Å². The highest BCUT2D eigenvalue weighted by Crippen LogP contribution is 2.14. The van der Waals surface area contributed by atoms with Crippen LogP contribution in [-0.2, 0) is 9.53 Å². The molecule has 1 unspecified atom stereocenters. The smallest absolute Gasteiger partial charge is 0.237 e. The van der Waals surface area contributed by atoms with Crippen LogP contribution in [0.5, 0.6) is 0 Å². The van der Waals surface area contributed by atoms with Gasteiger partial charge in [0.25, 0.3) is 0 Å². The topological polar surface area (TPSA) is 64.3 Å². The van der Waals surface area contributed by atoms with Gasteiger partial charge >= 0.3 is 0 Å². The van der Waals surface area contributed by atoms with Crippen molar-refractivity contribution in [1.29, 1.82) is 0 Å². The van der Waals surface area contributed by atoms with Gasteiger partial charge in [-0.3, -0.25) is 4.79 Å². The Morgan fingerprint density at radius 1 is 1.37 bits per heavy atom. The van der Waals surface area contributed by atoms with E-state index in [1.54, 1.807) is 11.8 Å². The Hall–Kier alpha value is -1.04. The van der Waals surface area contributed by atoms with Crippen molar-refractivity contribution in [2.75, 3.05) is 30.8 Å². The number of nitrogens with two attached hydrogens (primary N) is 1. The Bertz CT molecular complexity index is 382. The summed E-state index contributed by atoms with van der Waals surface area (Å²) in [6.45, 7) is 5.66. The van der Waals surface area contributed by atoms with Crippen molar-refractivity contribution in [1.82, 2.24) is 0 Å². The summed E-state index contributed by atoms with van der Waals surface area (Å²) in [4.78, 5) is 11.9. The molecule has 1 amide bonds. The van der Waals surface area contributed by atoms with Gasteiger partial charge in [0.1, 0.15) is 0 Å². The molecule has 0 radical (unpaired) electrons. The molecule has 4 nitrogen and oxygen atoms in total. The van der Waals surface area contributed by atoms with Crippen LogP contribution in [0.25, 0.3) is 0 Å². The van der Waals surface area contributed by atoms with E-state index in [0.717, 1.165) is 11.4 Å². The molecular formula is C14H22N2O2S. The Kier molecular flexibility index (Phi) is 7.55. The van der Waals surface area contributed by atoms with E-state index in [1.807, 2.05) is 38.1 Å². The largest absolute Gasteiger partial charge is 0.379 e. The molecule has 1 aromatic rings. The maximum absolute atomic E-state index is 11.9. The molecule has 1 aromatic carbocycles. The summed E-state index contributed by atoms with van der Waals surface area (Å²) >= 11 is 1.58. The monoisotopic (exact) mass is 282 g/mol. The van der Waals surface area contributed by atoms with Crippen LogP contribution < -0.4 is 11.1 Å². The number of hydrogen-bond donors (Lipinski definition) is 2. The van der Waals surface area contributed by atoms with Crippen LogP contribution in [0, 0.1) is 6.92 Å². The average molecular weight is 282 g/mol. The summed E-state index contributed by atoms with van der Waals surface area (Å²) in [7, 11) is 0. The minimum Gasteiger partial charge on any atom is -0.379 e. The molecule has 0 saturated heterocycles. The zero-order valence-corrected chi connectivity index (χ0v) is 12.3. The third-order valence-corrected chi connectivity index (χ3v) is 3.66. The van der Waals surface area contributed by atoms with Crippen LogP contribution in [-0.4, -0.2) is 36.7 Å². The van der Waals surface area contributed by atoms with Gasteiger partial charge in [-0.25, -0.2) is 0 Å². The zero-order chi connectivity index (χ0) is 14.1. The zero-order valence-electron chi connectivity index (χ0n) is 11.5. The van der Waals surface area contributed by atoms with Gasteiger partial charge in [0.15, 0.2) is 0 Å². The molecule has 0 spiro atoms. The van der Waals surface area contributed by atoms with E-state index in [0.29, 0.717) is 19.8 Å². The molecule has 0 aliphatic rings. The van der Waals surface area contributed by atoms with Crippen LogP contribution in [0.3, 0.4) is 0 Å². The van der Waals surface area contributed by atoms with Crippen molar-refractivity contribution in [2.45, 2.75) is 19.1 Å². The van der Waals surface area contributed by atoms with E-state index in [2.05, 4.69) is 5.32 Å². The third-order valence-electron chi connectivity index (χ3n) is 2.55. The fourth-order valence-electron chi connectivity index (χ4n) is 1.43. The molecule has 0 aliphatic heterocycles. The fraction of sp³-hybridized carbons (Fsp3) is 0.500. The van der Waals surface area contributed by atoms with Gasteiger partial charge in [0.05, 0.1) is 18.5 Å². The van der Waals surface area contributed by atoms with E-state index in [9.17, 15) is 4.79 Å². The lowest BCUT2D eigenvalue weighted by Gasteiger charge is -2.12. The van der Waals surface area contributed by atoms with E-state index >= 15 is 0 Å². The summed E-state index contributed by atoms with van der Waals surface area (Å²) in [5, 5.41) is 2.81. The minimum absolute atomic E-state index is 0.0210. The average Bonchev–Trinajstić information content (AvgIpc) is 2.41. The van der Waals surface area contributed by atoms with Crippen LogP contribution in [0.4, 0.5) is 5.69 Å². The molecule has 0 bridgehead atoms. The number of carbonyl (C=O) groups is 1. The second-order valence-electron chi connectivity index (χ2n) is 4.27. The van der Waals surface area contributed by atoms with Crippen molar-refractivity contribution < 1.29 is 9.53 Å². The highest BCUT2D eigenvalue weighted by atomic mass is 32.2. The number of aryl methyl sites for hydroxylation is 1. The van der Waals surface area contributed by atoms with Crippen molar-refractivity contribution in [3.8, 4) is 0 Å². The van der Waals surface area contributed by atoms with Crippen LogP contribution in [0.1, 0.15) is 12.5 Å². The van der Waals surface area contributed by atoms with Gasteiger partial charge in [-0.05, 0) is 26.0 Å². The minimum atomic E-state index is -0.0946. The van der Waals surface area contributed by atoms with E-state index in [4.69, 9.17) is 10.5 Å². The molecule has 3 N–H and O–H groups in total. The van der Waals surface area contributed by atoms with Crippen molar-refractivity contribution in [3.63, 3.8) is 0 Å². The SMILES string of the molecule is Cc1ccc(NC(=O)C(C)SCCOCCN)cc1. The number of nitrogens with one attached hydrogen (secondary N) is 1. The van der Waals surface area contributed by atoms with E-state index < -0.39 is 0 Å². The molecule has 0 fully saturated rings. The Balaban J connectivity index is 2.26. The maximum Gasteiger partial charge on any atom is 0.237 e. The molecule has 19 heavy (non-hydrogen) atoms. The Labute approximate surface area is 119 Å². The number of anilines is 1. The van der Waals surface area contributed by atoms with E-state index in [1.165, 1.54) is 5.56 Å². The number of amides is 1. The first-order valence-electron chi connectivity index (χ1n) is 6.40. The maximum atomic E-state index is 11.9. The molecular weight excluding hydrogens is 260 g/mol. The number of ether oxygens (including phenoxy) is 1. The lowest BCUT2D eigenvalue weighted by Crippen LogP contribution is -2.23. The molecule has 106 valence electrons. The highest BCUT2D eigenvalue weighted by molar-refractivity contribution is 8.00. The normalized spacial score (nSPS) is 12.2. The van der Waals surface area contributed by atoms with Crippen molar-refractivity contribution in [2.24, 2.45) is 5.73 Å². The van der Waals surface area contributed by atoms with Gasteiger partial charge in [-0.15, -0.1) is 11.8 Å². The molecule has 1 rings (SSSR count). The number of thioether (sulfide) groups is 1. The van der Waals surface area contributed by atoms with Gasteiger partial charge in [-0.2, -0.15) is 0 Å². The summed E-state index contributed by atoms with van der Waals surface area (Å²) in [5.74, 6) is 0.815. The van der Waals surface area contributed by atoms with Crippen LogP contribution >= 0.6 is 11.8 Å². The molecule has 1 atom stereocenters. The first-order chi connectivity index (χ1) is 9.13. The van der Waals surface area contributed by atoms with Gasteiger partial charge < -0.3 is 15.8 Å². The summed E-state index contributed by atoms with van der Waals surface area (Å²) in [6, 6.07) is 7.78. The first-order valence-corrected chi connectivity index (χ1v) is 7.45. The third kappa shape index (κ3) is 6.61. The number of carbonyl (C=O) groups excluding carboxylic acids is 1. The summed E-state index contributed by atoms with van der Waals surface area (Å²) in [6.07, 6.45) is 0. The fourth-order valence-corrected chi connectivity index (χ4v) is 2.20. The Morgan fingerprint density at radius 2 is 2.05 bits per heavy atom. The molecule has 0 saturated carbocycles.